The predicted octanol–water partition coefficient (Wildman–Crippen LogP) is 3.87. The topological polar surface area (TPSA) is 45.2 Å². The molecule has 1 fully saturated rings. The van der Waals surface area contributed by atoms with Gasteiger partial charge in [-0.1, -0.05) is 36.8 Å². The molecule has 1 aliphatic rings. The number of aromatic nitrogens is 1. The van der Waals surface area contributed by atoms with Crippen molar-refractivity contribution in [2.45, 2.75) is 33.2 Å². The number of likely N-dealkylation sites (tertiary alicyclic amines) is 1. The Morgan fingerprint density at radius 2 is 1.92 bits per heavy atom. The lowest BCUT2D eigenvalue weighted by molar-refractivity contribution is 0.0697. The molecule has 126 valence electrons. The maximum Gasteiger partial charge on any atom is 0.255 e. The number of nitrogens with zero attached hydrogens (tertiary/aromatic N) is 2. The minimum absolute atomic E-state index is 0.0911. The molecule has 0 saturated carbocycles. The van der Waals surface area contributed by atoms with Gasteiger partial charge in [0.25, 0.3) is 5.91 Å². The van der Waals surface area contributed by atoms with Crippen LogP contribution in [0.15, 0.2) is 42.7 Å². The molecule has 0 atom stereocenters. The largest absolute Gasteiger partial charge is 0.380 e. The van der Waals surface area contributed by atoms with Gasteiger partial charge < -0.3 is 10.2 Å². The molecular formula is C20H25N3O. The first-order valence-corrected chi connectivity index (χ1v) is 8.65. The van der Waals surface area contributed by atoms with Crippen molar-refractivity contribution in [1.82, 2.24) is 9.88 Å². The highest BCUT2D eigenvalue weighted by atomic mass is 16.2. The van der Waals surface area contributed by atoms with Gasteiger partial charge in [-0.2, -0.15) is 0 Å². The summed E-state index contributed by atoms with van der Waals surface area (Å²) >= 11 is 0. The molecule has 0 unspecified atom stereocenters. The van der Waals surface area contributed by atoms with Gasteiger partial charge in [-0.25, -0.2) is 0 Å². The van der Waals surface area contributed by atoms with E-state index in [1.807, 2.05) is 11.0 Å². The summed E-state index contributed by atoms with van der Waals surface area (Å²) in [6.45, 7) is 6.75. The van der Waals surface area contributed by atoms with Gasteiger partial charge >= 0.3 is 0 Å². The van der Waals surface area contributed by atoms with Crippen LogP contribution in [-0.2, 0) is 6.54 Å². The molecule has 1 N–H and O–H groups in total. The molecule has 1 saturated heterocycles. The Bertz CT molecular complexity index is 688. The zero-order valence-electron chi connectivity index (χ0n) is 14.5. The molecule has 0 radical (unpaired) electrons. The molecule has 4 heteroatoms. The SMILES string of the molecule is Cc1ccc(CNc2cncc(C(=O)N3CCC(C)CC3)c2)cc1. The number of rotatable bonds is 4. The first-order chi connectivity index (χ1) is 11.6. The monoisotopic (exact) mass is 323 g/mol. The number of aryl methyl sites for hydroxylation is 1. The van der Waals surface area contributed by atoms with E-state index >= 15 is 0 Å². The Hall–Kier alpha value is -2.36. The molecular weight excluding hydrogens is 298 g/mol. The summed E-state index contributed by atoms with van der Waals surface area (Å²) in [6.07, 6.45) is 5.61. The molecule has 3 rings (SSSR count). The molecule has 2 aromatic rings. The van der Waals surface area contributed by atoms with E-state index < -0.39 is 0 Å². The van der Waals surface area contributed by atoms with Gasteiger partial charge in [0.2, 0.25) is 0 Å². The molecule has 1 aromatic heterocycles. The second-order valence-corrected chi connectivity index (χ2v) is 6.78. The van der Waals surface area contributed by atoms with Crippen molar-refractivity contribution in [3.63, 3.8) is 0 Å². The lowest BCUT2D eigenvalue weighted by atomic mass is 9.99. The van der Waals surface area contributed by atoms with E-state index in [9.17, 15) is 4.79 Å². The van der Waals surface area contributed by atoms with Crippen LogP contribution in [0.2, 0.25) is 0 Å². The van der Waals surface area contributed by atoms with E-state index in [-0.39, 0.29) is 5.91 Å². The van der Waals surface area contributed by atoms with Crippen molar-refractivity contribution in [2.75, 3.05) is 18.4 Å². The van der Waals surface area contributed by atoms with E-state index in [0.717, 1.165) is 44.1 Å². The van der Waals surface area contributed by atoms with Crippen LogP contribution in [0.4, 0.5) is 5.69 Å². The number of hydrogen-bond donors (Lipinski definition) is 1. The van der Waals surface area contributed by atoms with Crippen molar-refractivity contribution < 1.29 is 4.79 Å². The number of anilines is 1. The van der Waals surface area contributed by atoms with Gasteiger partial charge in [0.1, 0.15) is 0 Å². The minimum atomic E-state index is 0.0911. The fourth-order valence-corrected chi connectivity index (χ4v) is 2.96. The Kier molecular flexibility index (Phi) is 5.14. The van der Waals surface area contributed by atoms with Crippen LogP contribution in [-0.4, -0.2) is 28.9 Å². The van der Waals surface area contributed by atoms with Crippen LogP contribution < -0.4 is 5.32 Å². The third kappa shape index (κ3) is 4.13. The average Bonchev–Trinajstić information content (AvgIpc) is 2.61. The maximum atomic E-state index is 12.6. The summed E-state index contributed by atoms with van der Waals surface area (Å²) in [5.41, 5.74) is 4.01. The fourth-order valence-electron chi connectivity index (χ4n) is 2.96. The van der Waals surface area contributed by atoms with Gasteiger partial charge in [0.15, 0.2) is 0 Å². The summed E-state index contributed by atoms with van der Waals surface area (Å²) in [5.74, 6) is 0.808. The van der Waals surface area contributed by atoms with E-state index in [1.54, 1.807) is 12.4 Å². The zero-order valence-corrected chi connectivity index (χ0v) is 14.5. The number of carbonyl (C=O) groups excluding carboxylic acids is 1. The Balaban J connectivity index is 1.63. The smallest absolute Gasteiger partial charge is 0.255 e. The second kappa shape index (κ2) is 7.47. The van der Waals surface area contributed by atoms with Crippen molar-refractivity contribution in [3.8, 4) is 0 Å². The van der Waals surface area contributed by atoms with E-state index in [2.05, 4.69) is 48.4 Å². The van der Waals surface area contributed by atoms with Crippen LogP contribution in [0.5, 0.6) is 0 Å². The van der Waals surface area contributed by atoms with Gasteiger partial charge in [-0.3, -0.25) is 9.78 Å². The average molecular weight is 323 g/mol. The first kappa shape index (κ1) is 16.5. The molecule has 0 spiro atoms. The molecule has 0 bridgehead atoms. The molecule has 2 heterocycles. The van der Waals surface area contributed by atoms with Gasteiger partial charge in [0, 0.05) is 32.0 Å². The number of hydrogen-bond acceptors (Lipinski definition) is 3. The molecule has 0 aliphatic carbocycles. The highest BCUT2D eigenvalue weighted by molar-refractivity contribution is 5.94. The summed E-state index contributed by atoms with van der Waals surface area (Å²) < 4.78 is 0. The normalized spacial score (nSPS) is 15.3. The quantitative estimate of drug-likeness (QED) is 0.929. The number of carbonyl (C=O) groups is 1. The standard InChI is InChI=1S/C20H25N3O/c1-15-3-5-17(6-4-15)12-22-19-11-18(13-21-14-19)20(24)23-9-7-16(2)8-10-23/h3-6,11,13-14,16,22H,7-10,12H2,1-2H3. The Morgan fingerprint density at radius 1 is 1.21 bits per heavy atom. The molecule has 4 nitrogen and oxygen atoms in total. The van der Waals surface area contributed by atoms with Crippen molar-refractivity contribution in [2.24, 2.45) is 5.92 Å². The van der Waals surface area contributed by atoms with Gasteiger partial charge in [-0.05, 0) is 37.3 Å². The maximum absolute atomic E-state index is 12.6. The second-order valence-electron chi connectivity index (χ2n) is 6.78. The molecule has 24 heavy (non-hydrogen) atoms. The van der Waals surface area contributed by atoms with Gasteiger partial charge in [0.05, 0.1) is 11.3 Å². The number of piperidine rings is 1. The minimum Gasteiger partial charge on any atom is -0.380 e. The molecule has 1 aliphatic heterocycles. The van der Waals surface area contributed by atoms with Crippen molar-refractivity contribution in [1.29, 1.82) is 0 Å². The van der Waals surface area contributed by atoms with Crippen molar-refractivity contribution >= 4 is 11.6 Å². The van der Waals surface area contributed by atoms with Gasteiger partial charge in [-0.15, -0.1) is 0 Å². The van der Waals surface area contributed by atoms with Crippen LogP contribution in [0, 0.1) is 12.8 Å². The Labute approximate surface area is 143 Å². The van der Waals surface area contributed by atoms with E-state index in [0.29, 0.717) is 5.56 Å². The lowest BCUT2D eigenvalue weighted by Gasteiger charge is -2.30. The highest BCUT2D eigenvalue weighted by Crippen LogP contribution is 2.19. The summed E-state index contributed by atoms with van der Waals surface area (Å²) in [5, 5.41) is 3.35. The summed E-state index contributed by atoms with van der Waals surface area (Å²) in [7, 11) is 0. The van der Waals surface area contributed by atoms with E-state index in [4.69, 9.17) is 0 Å². The number of pyridine rings is 1. The molecule has 1 aromatic carbocycles. The lowest BCUT2D eigenvalue weighted by Crippen LogP contribution is -2.37. The first-order valence-electron chi connectivity index (χ1n) is 8.65. The third-order valence-corrected chi connectivity index (χ3v) is 4.67. The third-order valence-electron chi connectivity index (χ3n) is 4.67. The number of benzene rings is 1. The van der Waals surface area contributed by atoms with Crippen LogP contribution in [0.25, 0.3) is 0 Å². The van der Waals surface area contributed by atoms with Crippen molar-refractivity contribution in [3.05, 3.63) is 59.4 Å². The summed E-state index contributed by atoms with van der Waals surface area (Å²) in [4.78, 5) is 18.8. The van der Waals surface area contributed by atoms with E-state index in [1.165, 1.54) is 11.1 Å². The number of nitrogens with one attached hydrogen (secondary N) is 1. The highest BCUT2D eigenvalue weighted by Gasteiger charge is 2.21. The van der Waals surface area contributed by atoms with Crippen LogP contribution >= 0.6 is 0 Å². The summed E-state index contributed by atoms with van der Waals surface area (Å²) in [6, 6.07) is 10.3. The van der Waals surface area contributed by atoms with Crippen LogP contribution in [0.1, 0.15) is 41.3 Å². The zero-order chi connectivity index (χ0) is 16.9. The molecule has 1 amide bonds. The predicted molar refractivity (Wildman–Crippen MR) is 97.0 cm³/mol. The fraction of sp³-hybridized carbons (Fsp3) is 0.400. The van der Waals surface area contributed by atoms with Crippen LogP contribution in [0.3, 0.4) is 0 Å². The number of amides is 1. The Morgan fingerprint density at radius 3 is 2.62 bits per heavy atom.